The molecule has 2 aromatic carbocycles. The number of amides is 1. The largest absolute Gasteiger partial charge is 0.497 e. The minimum Gasteiger partial charge on any atom is -0.497 e. The summed E-state index contributed by atoms with van der Waals surface area (Å²) in [7, 11) is 3.11. The van der Waals surface area contributed by atoms with Gasteiger partial charge in [0.25, 0.3) is 5.91 Å². The molecule has 0 bridgehead atoms. The smallest absolute Gasteiger partial charge is 0.266 e. The number of nitrogens with zero attached hydrogens (tertiary/aromatic N) is 1. The second kappa shape index (κ2) is 7.45. The Balaban J connectivity index is 1.85. The first-order valence-corrected chi connectivity index (χ1v) is 7.78. The zero-order valence-corrected chi connectivity index (χ0v) is 14.3. The number of methoxy groups -OCH3 is 2. The lowest BCUT2D eigenvalue weighted by molar-refractivity contribution is -0.112. The first-order chi connectivity index (χ1) is 12.6. The summed E-state index contributed by atoms with van der Waals surface area (Å²) < 4.78 is 16.0. The molecule has 0 atom stereocenters. The van der Waals surface area contributed by atoms with Crippen LogP contribution in [0, 0.1) is 11.3 Å². The van der Waals surface area contributed by atoms with Crippen LogP contribution in [0.5, 0.6) is 11.5 Å². The zero-order chi connectivity index (χ0) is 18.5. The number of carbonyl (C=O) groups excluding carboxylic acids is 1. The lowest BCUT2D eigenvalue weighted by Gasteiger charge is -2.05. The average molecular weight is 348 g/mol. The van der Waals surface area contributed by atoms with Crippen LogP contribution >= 0.6 is 0 Å². The number of fused-ring (bicyclic) bond motifs is 1. The van der Waals surface area contributed by atoms with E-state index in [9.17, 15) is 10.1 Å². The van der Waals surface area contributed by atoms with E-state index in [1.54, 1.807) is 50.6 Å². The van der Waals surface area contributed by atoms with Crippen molar-refractivity contribution in [3.63, 3.8) is 0 Å². The zero-order valence-electron chi connectivity index (χ0n) is 14.3. The molecule has 6 heteroatoms. The Labute approximate surface area is 150 Å². The van der Waals surface area contributed by atoms with Gasteiger partial charge in [0.1, 0.15) is 23.2 Å². The summed E-state index contributed by atoms with van der Waals surface area (Å²) >= 11 is 0. The molecule has 0 aliphatic carbocycles. The molecule has 6 nitrogen and oxygen atoms in total. The molecule has 3 rings (SSSR count). The first kappa shape index (κ1) is 17.1. The molecule has 1 heterocycles. The number of benzene rings is 2. The second-order valence-corrected chi connectivity index (χ2v) is 5.38. The topological polar surface area (TPSA) is 84.5 Å². The number of anilines is 1. The number of hydrogen-bond acceptors (Lipinski definition) is 5. The van der Waals surface area contributed by atoms with Crippen LogP contribution in [0.2, 0.25) is 0 Å². The summed E-state index contributed by atoms with van der Waals surface area (Å²) in [6.45, 7) is 0. The highest BCUT2D eigenvalue weighted by atomic mass is 16.5. The normalized spacial score (nSPS) is 11.0. The van der Waals surface area contributed by atoms with Gasteiger partial charge in [-0.1, -0.05) is 12.1 Å². The van der Waals surface area contributed by atoms with E-state index in [0.717, 1.165) is 5.39 Å². The number of carbonyl (C=O) groups is 1. The highest BCUT2D eigenvalue weighted by Gasteiger charge is 2.13. The van der Waals surface area contributed by atoms with Gasteiger partial charge in [-0.15, -0.1) is 0 Å². The average Bonchev–Trinajstić information content (AvgIpc) is 3.09. The van der Waals surface area contributed by atoms with Gasteiger partial charge in [0.2, 0.25) is 0 Å². The maximum atomic E-state index is 12.3. The van der Waals surface area contributed by atoms with Gasteiger partial charge in [-0.2, -0.15) is 5.26 Å². The van der Waals surface area contributed by atoms with E-state index in [4.69, 9.17) is 13.9 Å². The third-order valence-corrected chi connectivity index (χ3v) is 3.75. The number of ether oxygens (including phenoxy) is 2. The Kier molecular flexibility index (Phi) is 4.90. The van der Waals surface area contributed by atoms with E-state index in [1.165, 1.54) is 6.08 Å². The fraction of sp³-hybridized carbons (Fsp3) is 0.100. The van der Waals surface area contributed by atoms with E-state index in [0.29, 0.717) is 28.5 Å². The molecule has 0 aliphatic heterocycles. The molecule has 1 amide bonds. The number of rotatable bonds is 5. The first-order valence-electron chi connectivity index (χ1n) is 7.78. The molecular formula is C20H16N2O4. The molecule has 0 spiro atoms. The highest BCUT2D eigenvalue weighted by molar-refractivity contribution is 6.09. The molecule has 0 saturated carbocycles. The SMILES string of the molecule is COc1ccc(NC(=O)/C(C#N)=C/c2cc3cccc(OC)c3o2)cc1. The lowest BCUT2D eigenvalue weighted by atomic mass is 10.2. The quantitative estimate of drug-likeness (QED) is 0.556. The number of nitrogens with one attached hydrogen (secondary N) is 1. The highest BCUT2D eigenvalue weighted by Crippen LogP contribution is 2.29. The van der Waals surface area contributed by atoms with Gasteiger partial charge in [0, 0.05) is 17.1 Å². The minimum absolute atomic E-state index is 0.0705. The van der Waals surface area contributed by atoms with Gasteiger partial charge >= 0.3 is 0 Å². The number of furan rings is 1. The lowest BCUT2D eigenvalue weighted by Crippen LogP contribution is -2.13. The Morgan fingerprint density at radius 3 is 2.58 bits per heavy atom. The number of para-hydroxylation sites is 1. The van der Waals surface area contributed by atoms with Crippen LogP contribution in [0.4, 0.5) is 5.69 Å². The molecule has 26 heavy (non-hydrogen) atoms. The van der Waals surface area contributed by atoms with Gasteiger partial charge in [-0.25, -0.2) is 0 Å². The standard InChI is InChI=1S/C20H16N2O4/c1-24-16-8-6-15(7-9-16)22-20(23)14(12-21)11-17-10-13-4-3-5-18(25-2)19(13)26-17/h3-11H,1-2H3,(H,22,23)/b14-11+. The van der Waals surface area contributed by atoms with Crippen molar-refractivity contribution in [1.29, 1.82) is 5.26 Å². The Bertz CT molecular complexity index is 1010. The van der Waals surface area contributed by atoms with Crippen molar-refractivity contribution < 1.29 is 18.7 Å². The Morgan fingerprint density at radius 2 is 1.92 bits per heavy atom. The van der Waals surface area contributed by atoms with Crippen LogP contribution in [0.1, 0.15) is 5.76 Å². The predicted molar refractivity (Wildman–Crippen MR) is 98.0 cm³/mol. The second-order valence-electron chi connectivity index (χ2n) is 5.38. The molecule has 0 radical (unpaired) electrons. The van der Waals surface area contributed by atoms with Crippen molar-refractivity contribution in [3.8, 4) is 17.6 Å². The third kappa shape index (κ3) is 3.52. The van der Waals surface area contributed by atoms with Crippen LogP contribution in [0.25, 0.3) is 17.0 Å². The van der Waals surface area contributed by atoms with E-state index in [1.807, 2.05) is 18.2 Å². The van der Waals surface area contributed by atoms with E-state index >= 15 is 0 Å². The van der Waals surface area contributed by atoms with Crippen molar-refractivity contribution >= 4 is 28.6 Å². The predicted octanol–water partition coefficient (Wildman–Crippen LogP) is 4.00. The fourth-order valence-electron chi connectivity index (χ4n) is 2.45. The van der Waals surface area contributed by atoms with Crippen molar-refractivity contribution in [3.05, 3.63) is 59.9 Å². The molecule has 0 aliphatic rings. The van der Waals surface area contributed by atoms with Crippen molar-refractivity contribution in [2.75, 3.05) is 19.5 Å². The Morgan fingerprint density at radius 1 is 1.15 bits per heavy atom. The summed E-state index contributed by atoms with van der Waals surface area (Å²) in [5.74, 6) is 1.13. The van der Waals surface area contributed by atoms with Crippen LogP contribution in [-0.2, 0) is 4.79 Å². The van der Waals surface area contributed by atoms with Crippen molar-refractivity contribution in [2.24, 2.45) is 0 Å². The van der Waals surface area contributed by atoms with Crippen molar-refractivity contribution in [2.45, 2.75) is 0 Å². The van der Waals surface area contributed by atoms with E-state index in [2.05, 4.69) is 5.32 Å². The van der Waals surface area contributed by atoms with Crippen molar-refractivity contribution in [1.82, 2.24) is 0 Å². The van der Waals surface area contributed by atoms with Crippen LogP contribution in [0.3, 0.4) is 0 Å². The number of nitriles is 1. The molecule has 1 aromatic heterocycles. The van der Waals surface area contributed by atoms with Gasteiger partial charge < -0.3 is 19.2 Å². The van der Waals surface area contributed by atoms with Crippen LogP contribution < -0.4 is 14.8 Å². The van der Waals surface area contributed by atoms with Gasteiger partial charge in [-0.3, -0.25) is 4.79 Å². The maximum absolute atomic E-state index is 12.3. The Hall–Kier alpha value is -3.72. The molecule has 3 aromatic rings. The summed E-state index contributed by atoms with van der Waals surface area (Å²) in [6.07, 6.45) is 1.40. The van der Waals surface area contributed by atoms with Crippen LogP contribution in [0.15, 0.2) is 58.5 Å². The third-order valence-electron chi connectivity index (χ3n) is 3.75. The number of hydrogen-bond donors (Lipinski definition) is 1. The summed E-state index contributed by atoms with van der Waals surface area (Å²) in [4.78, 5) is 12.3. The molecule has 0 fully saturated rings. The van der Waals surface area contributed by atoms with Crippen LogP contribution in [-0.4, -0.2) is 20.1 Å². The molecule has 1 N–H and O–H groups in total. The summed E-state index contributed by atoms with van der Waals surface area (Å²) in [6, 6.07) is 15.9. The van der Waals surface area contributed by atoms with Gasteiger partial charge in [-0.05, 0) is 36.4 Å². The summed E-state index contributed by atoms with van der Waals surface area (Å²) in [5, 5.41) is 12.8. The minimum atomic E-state index is -0.523. The molecule has 0 unspecified atom stereocenters. The monoisotopic (exact) mass is 348 g/mol. The maximum Gasteiger partial charge on any atom is 0.266 e. The molecule has 130 valence electrons. The van der Waals surface area contributed by atoms with Gasteiger partial charge in [0.05, 0.1) is 14.2 Å². The molecule has 0 saturated heterocycles. The van der Waals surface area contributed by atoms with Gasteiger partial charge in [0.15, 0.2) is 11.3 Å². The fourth-order valence-corrected chi connectivity index (χ4v) is 2.45. The summed E-state index contributed by atoms with van der Waals surface area (Å²) in [5.41, 5.74) is 1.05. The van der Waals surface area contributed by atoms with E-state index < -0.39 is 5.91 Å². The molecular weight excluding hydrogens is 332 g/mol. The van der Waals surface area contributed by atoms with E-state index in [-0.39, 0.29) is 5.57 Å².